The maximum absolute atomic E-state index is 12.6. The fourth-order valence-corrected chi connectivity index (χ4v) is 5.67. The molecular formula is C44H73O10P. The number of rotatable bonds is 37. The molecule has 0 heterocycles. The summed E-state index contributed by atoms with van der Waals surface area (Å²) in [4.78, 5) is 34.9. The summed E-state index contributed by atoms with van der Waals surface area (Å²) in [6.45, 7) is 2.13. The molecule has 0 saturated heterocycles. The van der Waals surface area contributed by atoms with Crippen LogP contribution in [0.5, 0.6) is 0 Å². The minimum atomic E-state index is -4.64. The van der Waals surface area contributed by atoms with Gasteiger partial charge in [0, 0.05) is 12.8 Å². The predicted octanol–water partition coefficient (Wildman–Crippen LogP) is 10.7. The monoisotopic (exact) mass is 792 g/mol. The van der Waals surface area contributed by atoms with Crippen molar-refractivity contribution >= 4 is 19.8 Å². The van der Waals surface area contributed by atoms with Gasteiger partial charge in [0.15, 0.2) is 6.10 Å². The second kappa shape index (κ2) is 39.4. The molecule has 0 saturated carbocycles. The fourth-order valence-electron chi connectivity index (χ4n) is 4.88. The summed E-state index contributed by atoms with van der Waals surface area (Å²) >= 11 is 0. The molecule has 11 heteroatoms. The van der Waals surface area contributed by atoms with Crippen LogP contribution in [0.4, 0.5) is 0 Å². The number of carbonyl (C=O) groups excluding carboxylic acids is 2. The molecule has 0 aliphatic rings. The van der Waals surface area contributed by atoms with E-state index >= 15 is 0 Å². The van der Waals surface area contributed by atoms with E-state index in [1.807, 2.05) is 12.2 Å². The van der Waals surface area contributed by atoms with E-state index in [2.05, 4.69) is 91.3 Å². The molecular weight excluding hydrogens is 719 g/mol. The highest BCUT2D eigenvalue weighted by atomic mass is 31.2. The number of phosphoric acid groups is 1. The summed E-state index contributed by atoms with van der Waals surface area (Å²) in [6, 6.07) is 0. The predicted molar refractivity (Wildman–Crippen MR) is 223 cm³/mol. The van der Waals surface area contributed by atoms with Gasteiger partial charge in [0.2, 0.25) is 0 Å². The van der Waals surface area contributed by atoms with E-state index in [9.17, 15) is 24.2 Å². The summed E-state index contributed by atoms with van der Waals surface area (Å²) in [5.74, 6) is -1.02. The van der Waals surface area contributed by atoms with Gasteiger partial charge in [0.05, 0.1) is 19.8 Å². The van der Waals surface area contributed by atoms with Crippen molar-refractivity contribution in [1.29, 1.82) is 0 Å². The second-order valence-electron chi connectivity index (χ2n) is 13.3. The lowest BCUT2D eigenvalue weighted by Crippen LogP contribution is -2.29. The molecule has 0 aromatic rings. The minimum Gasteiger partial charge on any atom is -0.462 e. The lowest BCUT2D eigenvalue weighted by molar-refractivity contribution is -0.161. The third-order valence-corrected chi connectivity index (χ3v) is 8.98. The van der Waals surface area contributed by atoms with E-state index in [-0.39, 0.29) is 19.4 Å². The van der Waals surface area contributed by atoms with Gasteiger partial charge in [0.1, 0.15) is 12.7 Å². The van der Waals surface area contributed by atoms with Crippen molar-refractivity contribution in [2.24, 2.45) is 0 Å². The van der Waals surface area contributed by atoms with Crippen molar-refractivity contribution in [1.82, 2.24) is 0 Å². The third-order valence-electron chi connectivity index (χ3n) is 8.03. The normalized spacial score (nSPS) is 14.8. The molecule has 0 spiro atoms. The van der Waals surface area contributed by atoms with E-state index in [1.165, 1.54) is 19.3 Å². The molecule has 0 rings (SSSR count). The maximum Gasteiger partial charge on any atom is 0.472 e. The van der Waals surface area contributed by atoms with E-state index in [0.717, 1.165) is 77.0 Å². The summed E-state index contributed by atoms with van der Waals surface area (Å²) in [7, 11) is -4.64. The Balaban J connectivity index is 4.48. The number of esters is 2. The molecule has 0 aromatic carbocycles. The average molecular weight is 793 g/mol. The Morgan fingerprint density at radius 1 is 0.564 bits per heavy atom. The molecule has 10 nitrogen and oxygen atoms in total. The number of allylic oxidation sites excluding steroid dienone is 14. The largest absolute Gasteiger partial charge is 0.472 e. The van der Waals surface area contributed by atoms with Gasteiger partial charge >= 0.3 is 19.8 Å². The van der Waals surface area contributed by atoms with Gasteiger partial charge in [-0.3, -0.25) is 18.6 Å². The Kier molecular flexibility index (Phi) is 37.3. The number of unbranched alkanes of at least 4 members (excludes halogenated alkanes) is 9. The highest BCUT2D eigenvalue weighted by Gasteiger charge is 2.27. The summed E-state index contributed by atoms with van der Waals surface area (Å²) in [5, 5.41) is 18.3. The Morgan fingerprint density at radius 3 is 1.56 bits per heavy atom. The van der Waals surface area contributed by atoms with Gasteiger partial charge < -0.3 is 24.6 Å². The molecule has 3 atom stereocenters. The van der Waals surface area contributed by atoms with E-state index in [4.69, 9.17) is 19.1 Å². The third kappa shape index (κ3) is 39.2. The first-order valence-corrected chi connectivity index (χ1v) is 22.0. The highest BCUT2D eigenvalue weighted by molar-refractivity contribution is 7.47. The van der Waals surface area contributed by atoms with E-state index in [1.54, 1.807) is 0 Å². The van der Waals surface area contributed by atoms with Crippen LogP contribution in [0.15, 0.2) is 85.1 Å². The first-order chi connectivity index (χ1) is 26.7. The first-order valence-electron chi connectivity index (χ1n) is 20.5. The Morgan fingerprint density at radius 2 is 1.02 bits per heavy atom. The molecule has 55 heavy (non-hydrogen) atoms. The second-order valence-corrected chi connectivity index (χ2v) is 14.7. The van der Waals surface area contributed by atoms with Crippen molar-refractivity contribution in [3.05, 3.63) is 85.1 Å². The zero-order chi connectivity index (χ0) is 40.5. The van der Waals surface area contributed by atoms with Gasteiger partial charge in [-0.05, 0) is 83.5 Å². The first kappa shape index (κ1) is 52.2. The molecule has 0 amide bonds. The lowest BCUT2D eigenvalue weighted by atomic mass is 10.1. The van der Waals surface area contributed by atoms with Crippen LogP contribution in [0.2, 0.25) is 0 Å². The van der Waals surface area contributed by atoms with Gasteiger partial charge in [-0.15, -0.1) is 0 Å². The van der Waals surface area contributed by atoms with Gasteiger partial charge in [-0.2, -0.15) is 0 Å². The zero-order valence-corrected chi connectivity index (χ0v) is 34.7. The fraction of sp³-hybridized carbons (Fsp3) is 0.636. The van der Waals surface area contributed by atoms with Gasteiger partial charge in [-0.1, -0.05) is 131 Å². The summed E-state index contributed by atoms with van der Waals surface area (Å²) in [6.07, 6.45) is 45.5. The number of phosphoric ester groups is 1. The molecule has 0 radical (unpaired) electrons. The quantitative estimate of drug-likeness (QED) is 0.0240. The SMILES string of the molecule is CC/C=C\C/C=C\C/C=C\CCCCCCCC(=O)OC[C@H](COP(=O)(O)OC[C@@H](O)CO)OC(=O)CCC/C=C\C/C=C\C/C=C\C/C=C\CCCCC. The van der Waals surface area contributed by atoms with Crippen LogP contribution in [-0.4, -0.2) is 65.7 Å². The van der Waals surface area contributed by atoms with Crippen LogP contribution in [0.3, 0.4) is 0 Å². The Labute approximate surface area is 332 Å². The number of aliphatic hydroxyl groups excluding tert-OH is 2. The number of carbonyl (C=O) groups is 2. The smallest absolute Gasteiger partial charge is 0.462 e. The topological polar surface area (TPSA) is 149 Å². The lowest BCUT2D eigenvalue weighted by Gasteiger charge is -2.20. The van der Waals surface area contributed by atoms with E-state index < -0.39 is 51.8 Å². The zero-order valence-electron chi connectivity index (χ0n) is 33.9. The van der Waals surface area contributed by atoms with Gasteiger partial charge in [-0.25, -0.2) is 4.57 Å². The van der Waals surface area contributed by atoms with Crippen molar-refractivity contribution in [2.75, 3.05) is 26.4 Å². The molecule has 0 fully saturated rings. The van der Waals surface area contributed by atoms with E-state index in [0.29, 0.717) is 19.3 Å². The van der Waals surface area contributed by atoms with Crippen molar-refractivity contribution in [3.8, 4) is 0 Å². The van der Waals surface area contributed by atoms with Crippen LogP contribution in [0, 0.1) is 0 Å². The van der Waals surface area contributed by atoms with Crippen molar-refractivity contribution in [2.45, 2.75) is 154 Å². The summed E-state index contributed by atoms with van der Waals surface area (Å²) < 4.78 is 32.6. The molecule has 0 aromatic heterocycles. The van der Waals surface area contributed by atoms with Crippen molar-refractivity contribution < 1.29 is 47.8 Å². The Bertz CT molecular complexity index is 1190. The number of hydrogen-bond acceptors (Lipinski definition) is 9. The Hall–Kier alpha value is -2.85. The summed E-state index contributed by atoms with van der Waals surface area (Å²) in [5.41, 5.74) is 0. The average Bonchev–Trinajstić information content (AvgIpc) is 3.17. The molecule has 0 aliphatic heterocycles. The number of aliphatic hydroxyl groups is 2. The molecule has 314 valence electrons. The van der Waals surface area contributed by atoms with Crippen LogP contribution >= 0.6 is 7.82 Å². The minimum absolute atomic E-state index is 0.0994. The molecule has 0 aliphatic carbocycles. The number of ether oxygens (including phenoxy) is 2. The van der Waals surface area contributed by atoms with Crippen LogP contribution in [0.1, 0.15) is 142 Å². The molecule has 1 unspecified atom stereocenters. The van der Waals surface area contributed by atoms with Crippen LogP contribution in [0.25, 0.3) is 0 Å². The maximum atomic E-state index is 12.6. The molecule has 0 bridgehead atoms. The van der Waals surface area contributed by atoms with Crippen molar-refractivity contribution in [3.63, 3.8) is 0 Å². The van der Waals surface area contributed by atoms with Crippen LogP contribution < -0.4 is 0 Å². The molecule has 3 N–H and O–H groups in total. The van der Waals surface area contributed by atoms with Gasteiger partial charge in [0.25, 0.3) is 0 Å². The van der Waals surface area contributed by atoms with Crippen LogP contribution in [-0.2, 0) is 32.7 Å². The standard InChI is InChI=1S/C44H73O10P/c1-3-5-7-9-11-13-15-17-19-20-22-24-26-28-30-32-34-36-44(48)54-42(40-53-55(49,50)52-38-41(46)37-45)39-51-43(47)35-33-31-29-27-25-23-21-18-16-14-12-10-8-6-4-2/h6,8,11-14,17-19,21-22,24,28,30,41-42,45-46H,3-5,7,9-10,15-16,20,23,25-27,29,31-40H2,1-2H3,(H,49,50)/b8-6-,13-11-,14-12-,19-17-,21-18-,24-22-,30-28-/t41-,42+/m0/s1. The highest BCUT2D eigenvalue weighted by Crippen LogP contribution is 2.43. The number of hydrogen-bond donors (Lipinski definition) is 3.